The van der Waals surface area contributed by atoms with Crippen molar-refractivity contribution in [2.45, 2.75) is 6.92 Å². The lowest BCUT2D eigenvalue weighted by Gasteiger charge is -2.02. The Balaban J connectivity index is 1.66. The second-order valence-corrected chi connectivity index (χ2v) is 5.50. The van der Waals surface area contributed by atoms with Crippen LogP contribution in [-0.4, -0.2) is 32.0 Å². The summed E-state index contributed by atoms with van der Waals surface area (Å²) in [5, 5.41) is 0. The van der Waals surface area contributed by atoms with E-state index in [-0.39, 0.29) is 0 Å². The summed E-state index contributed by atoms with van der Waals surface area (Å²) in [6.07, 6.45) is 5.18. The number of rotatable bonds is 3. The van der Waals surface area contributed by atoms with Gasteiger partial charge in [0.15, 0.2) is 0 Å². The second kappa shape index (κ2) is 5.73. The Kier molecular flexibility index (Phi) is 3.42. The Morgan fingerprint density at radius 2 is 1.71 bits per heavy atom. The van der Waals surface area contributed by atoms with Gasteiger partial charge in [-0.25, -0.2) is 15.0 Å². The molecule has 118 valence electrons. The molecule has 1 aromatic carbocycles. The average Bonchev–Trinajstić information content (AvgIpc) is 3.05. The second-order valence-electron chi connectivity index (χ2n) is 5.50. The van der Waals surface area contributed by atoms with Crippen LogP contribution in [-0.2, 0) is 0 Å². The lowest BCUT2D eigenvalue weighted by atomic mass is 10.2. The van der Waals surface area contributed by atoms with Gasteiger partial charge < -0.3 is 9.72 Å². The van der Waals surface area contributed by atoms with Gasteiger partial charge in [-0.15, -0.1) is 0 Å². The molecule has 1 N–H and O–H groups in total. The van der Waals surface area contributed by atoms with E-state index in [2.05, 4.69) is 44.0 Å². The third-order valence-corrected chi connectivity index (χ3v) is 3.78. The lowest BCUT2D eigenvalue weighted by molar-refractivity contribution is 0.380. The highest BCUT2D eigenvalue weighted by atomic mass is 16.5. The van der Waals surface area contributed by atoms with E-state index in [1.54, 1.807) is 18.6 Å². The maximum Gasteiger partial charge on any atom is 0.316 e. The van der Waals surface area contributed by atoms with Crippen molar-refractivity contribution in [2.75, 3.05) is 7.11 Å². The molecule has 24 heavy (non-hydrogen) atoms. The summed E-state index contributed by atoms with van der Waals surface area (Å²) in [7, 11) is 1.54. The van der Waals surface area contributed by atoms with Crippen molar-refractivity contribution in [3.63, 3.8) is 0 Å². The first kappa shape index (κ1) is 14.3. The number of hydrogen-bond acceptors (Lipinski definition) is 5. The highest BCUT2D eigenvalue weighted by Crippen LogP contribution is 2.23. The zero-order valence-corrected chi connectivity index (χ0v) is 13.3. The topological polar surface area (TPSA) is 76.6 Å². The average molecular weight is 317 g/mol. The minimum Gasteiger partial charge on any atom is -0.467 e. The summed E-state index contributed by atoms with van der Waals surface area (Å²) in [4.78, 5) is 20.6. The normalized spacial score (nSPS) is 10.9. The van der Waals surface area contributed by atoms with Crippen LogP contribution < -0.4 is 4.74 Å². The van der Waals surface area contributed by atoms with Crippen LogP contribution in [0.5, 0.6) is 6.01 Å². The number of hydrogen-bond donors (Lipinski definition) is 1. The van der Waals surface area contributed by atoms with Crippen LogP contribution in [0.25, 0.3) is 33.7 Å². The Morgan fingerprint density at radius 3 is 2.42 bits per heavy atom. The highest BCUT2D eigenvalue weighted by molar-refractivity contribution is 5.80. The largest absolute Gasteiger partial charge is 0.467 e. The lowest BCUT2D eigenvalue weighted by Crippen LogP contribution is -1.92. The van der Waals surface area contributed by atoms with Gasteiger partial charge in [0.25, 0.3) is 0 Å². The molecule has 0 saturated heterocycles. The molecule has 0 radical (unpaired) electrons. The molecule has 0 spiro atoms. The molecule has 0 fully saturated rings. The van der Waals surface area contributed by atoms with Gasteiger partial charge in [0, 0.05) is 29.7 Å². The molecule has 0 amide bonds. The Hall–Kier alpha value is -3.28. The smallest absolute Gasteiger partial charge is 0.316 e. The van der Waals surface area contributed by atoms with E-state index < -0.39 is 0 Å². The van der Waals surface area contributed by atoms with Crippen molar-refractivity contribution in [3.05, 3.63) is 54.5 Å². The Bertz CT molecular complexity index is 990. The molecule has 0 aliphatic carbocycles. The first-order valence-electron chi connectivity index (χ1n) is 7.52. The Morgan fingerprint density at radius 1 is 0.917 bits per heavy atom. The molecule has 6 heteroatoms. The van der Waals surface area contributed by atoms with Crippen LogP contribution in [0.2, 0.25) is 0 Å². The number of imidazole rings is 1. The van der Waals surface area contributed by atoms with Gasteiger partial charge in [-0.2, -0.15) is 0 Å². The number of aromatic nitrogens is 5. The van der Waals surface area contributed by atoms with E-state index in [4.69, 9.17) is 4.74 Å². The van der Waals surface area contributed by atoms with Crippen molar-refractivity contribution >= 4 is 11.0 Å². The molecule has 3 aromatic heterocycles. The third-order valence-electron chi connectivity index (χ3n) is 3.78. The SMILES string of the molecule is COc1ncc(-c2ccc(-c3nc4ccc(C)cc4[nH]3)cn2)cn1. The quantitative estimate of drug-likeness (QED) is 0.626. The molecular formula is C18H15N5O. The minimum absolute atomic E-state index is 0.341. The van der Waals surface area contributed by atoms with Gasteiger partial charge in [0.1, 0.15) is 5.82 Å². The number of methoxy groups -OCH3 is 1. The predicted molar refractivity (Wildman–Crippen MR) is 91.6 cm³/mol. The number of benzene rings is 1. The molecule has 6 nitrogen and oxygen atoms in total. The van der Waals surface area contributed by atoms with Crippen molar-refractivity contribution in [3.8, 4) is 28.7 Å². The number of fused-ring (bicyclic) bond motifs is 1. The highest BCUT2D eigenvalue weighted by Gasteiger charge is 2.07. The van der Waals surface area contributed by atoms with Gasteiger partial charge >= 0.3 is 6.01 Å². The number of ether oxygens (including phenoxy) is 1. The minimum atomic E-state index is 0.341. The number of nitrogens with one attached hydrogen (secondary N) is 1. The van der Waals surface area contributed by atoms with E-state index in [1.807, 2.05) is 18.2 Å². The van der Waals surface area contributed by atoms with Crippen LogP contribution in [0.4, 0.5) is 0 Å². The van der Waals surface area contributed by atoms with Crippen molar-refractivity contribution in [1.29, 1.82) is 0 Å². The van der Waals surface area contributed by atoms with Gasteiger partial charge in [-0.3, -0.25) is 4.98 Å². The van der Waals surface area contributed by atoms with E-state index in [9.17, 15) is 0 Å². The van der Waals surface area contributed by atoms with Crippen LogP contribution in [0.15, 0.2) is 48.9 Å². The summed E-state index contributed by atoms with van der Waals surface area (Å²) in [6.45, 7) is 2.06. The molecule has 0 aliphatic rings. The maximum atomic E-state index is 4.96. The standard InChI is InChI=1S/C18H15N5O/c1-11-3-5-15-16(7-11)23-17(22-15)12-4-6-14(19-8-12)13-9-20-18(24-2)21-10-13/h3-10H,1-2H3,(H,22,23). The summed E-state index contributed by atoms with van der Waals surface area (Å²) in [6, 6.07) is 10.4. The first-order chi connectivity index (χ1) is 11.7. The van der Waals surface area contributed by atoms with Crippen molar-refractivity contribution in [2.24, 2.45) is 0 Å². The third kappa shape index (κ3) is 2.58. The number of pyridine rings is 1. The monoisotopic (exact) mass is 317 g/mol. The number of aryl methyl sites for hydroxylation is 1. The van der Waals surface area contributed by atoms with E-state index in [1.165, 1.54) is 12.7 Å². The fraction of sp³-hybridized carbons (Fsp3) is 0.111. The molecular weight excluding hydrogens is 302 g/mol. The molecule has 0 atom stereocenters. The number of nitrogens with zero attached hydrogens (tertiary/aromatic N) is 4. The molecule has 3 heterocycles. The molecule has 0 saturated carbocycles. The Labute approximate surface area is 138 Å². The van der Waals surface area contributed by atoms with Crippen LogP contribution >= 0.6 is 0 Å². The summed E-state index contributed by atoms with van der Waals surface area (Å²) < 4.78 is 4.96. The van der Waals surface area contributed by atoms with E-state index in [0.29, 0.717) is 6.01 Å². The molecule has 4 aromatic rings. The molecule has 0 bridgehead atoms. The summed E-state index contributed by atoms with van der Waals surface area (Å²) in [5.74, 6) is 0.806. The fourth-order valence-corrected chi connectivity index (χ4v) is 2.52. The zero-order chi connectivity index (χ0) is 16.5. The first-order valence-corrected chi connectivity index (χ1v) is 7.52. The van der Waals surface area contributed by atoms with Gasteiger partial charge in [-0.1, -0.05) is 6.07 Å². The predicted octanol–water partition coefficient (Wildman–Crippen LogP) is 3.40. The molecule has 0 unspecified atom stereocenters. The van der Waals surface area contributed by atoms with E-state index in [0.717, 1.165) is 33.7 Å². The number of aromatic amines is 1. The van der Waals surface area contributed by atoms with Gasteiger partial charge in [0.05, 0.1) is 23.8 Å². The zero-order valence-electron chi connectivity index (χ0n) is 13.3. The van der Waals surface area contributed by atoms with Gasteiger partial charge in [-0.05, 0) is 36.8 Å². The van der Waals surface area contributed by atoms with Gasteiger partial charge in [0.2, 0.25) is 0 Å². The number of H-pyrrole nitrogens is 1. The molecule has 4 rings (SSSR count). The van der Waals surface area contributed by atoms with Crippen molar-refractivity contribution < 1.29 is 4.74 Å². The maximum absolute atomic E-state index is 4.96. The summed E-state index contributed by atoms with van der Waals surface area (Å²) >= 11 is 0. The molecule has 0 aliphatic heterocycles. The van der Waals surface area contributed by atoms with Crippen LogP contribution in [0.3, 0.4) is 0 Å². The van der Waals surface area contributed by atoms with Crippen LogP contribution in [0.1, 0.15) is 5.56 Å². The van der Waals surface area contributed by atoms with Crippen molar-refractivity contribution in [1.82, 2.24) is 24.9 Å². The summed E-state index contributed by atoms with van der Waals surface area (Å²) in [5.41, 5.74) is 5.74. The fourth-order valence-electron chi connectivity index (χ4n) is 2.52. The van der Waals surface area contributed by atoms with Crippen LogP contribution in [0, 0.1) is 6.92 Å². The van der Waals surface area contributed by atoms with E-state index >= 15 is 0 Å².